The summed E-state index contributed by atoms with van der Waals surface area (Å²) in [6.45, 7) is 12.5. The van der Waals surface area contributed by atoms with Crippen molar-refractivity contribution in [2.75, 3.05) is 13.3 Å². The van der Waals surface area contributed by atoms with Gasteiger partial charge in [0.15, 0.2) is 5.76 Å². The van der Waals surface area contributed by atoms with Crippen LogP contribution in [0.25, 0.3) is 0 Å². The minimum Gasteiger partial charge on any atom is -0.478 e. The molecule has 0 saturated carbocycles. The third-order valence-electron chi connectivity index (χ3n) is 4.04. The molecule has 2 heterocycles. The number of rotatable bonds is 2. The van der Waals surface area contributed by atoms with Crippen molar-refractivity contribution in [3.05, 3.63) is 34.1 Å². The van der Waals surface area contributed by atoms with Crippen molar-refractivity contribution in [2.24, 2.45) is 5.92 Å². The van der Waals surface area contributed by atoms with Crippen molar-refractivity contribution in [1.29, 1.82) is 0 Å². The van der Waals surface area contributed by atoms with Crippen LogP contribution in [-0.2, 0) is 6.54 Å². The highest BCUT2D eigenvalue weighted by atomic mass is 16.5. The highest BCUT2D eigenvalue weighted by molar-refractivity contribution is 6.14. The van der Waals surface area contributed by atoms with E-state index in [1.54, 1.807) is 0 Å². The molecule has 3 rings (SSSR count). The molecule has 118 valence electrons. The van der Waals surface area contributed by atoms with Crippen LogP contribution in [0.5, 0.6) is 11.5 Å². The van der Waals surface area contributed by atoms with Gasteiger partial charge in [-0.1, -0.05) is 13.8 Å². The van der Waals surface area contributed by atoms with Crippen molar-refractivity contribution in [3.63, 3.8) is 0 Å². The summed E-state index contributed by atoms with van der Waals surface area (Å²) in [5.74, 6) is 2.58. The van der Waals surface area contributed by atoms with Crippen LogP contribution in [0.1, 0.15) is 49.2 Å². The van der Waals surface area contributed by atoms with Gasteiger partial charge in [0.05, 0.1) is 11.1 Å². The van der Waals surface area contributed by atoms with E-state index in [1.807, 2.05) is 26.8 Å². The second kappa shape index (κ2) is 5.43. The van der Waals surface area contributed by atoms with Crippen LogP contribution in [0.3, 0.4) is 0 Å². The number of allylic oxidation sites excluding steroid dienone is 2. The number of nitrogens with zero attached hydrogens (tertiary/aromatic N) is 1. The van der Waals surface area contributed by atoms with Crippen molar-refractivity contribution in [3.8, 4) is 11.5 Å². The standard InChI is InChI=1S/C18H23NO3/c1-10(2)7-19-8-13-14(21-9-19)6-12(5)15-16(20)17(11(3)4)22-18(13)15/h6,10H,7-9H2,1-5H3. The number of ketones is 1. The number of Topliss-reactive ketones (excluding diaryl/α,β-unsaturated/α-hetero) is 1. The van der Waals surface area contributed by atoms with Gasteiger partial charge in [0, 0.05) is 13.1 Å². The third-order valence-corrected chi connectivity index (χ3v) is 4.04. The Morgan fingerprint density at radius 1 is 1.36 bits per heavy atom. The molecule has 0 aromatic heterocycles. The lowest BCUT2D eigenvalue weighted by Crippen LogP contribution is -2.35. The largest absolute Gasteiger partial charge is 0.478 e. The topological polar surface area (TPSA) is 38.8 Å². The average Bonchev–Trinajstić information content (AvgIpc) is 2.78. The molecular weight excluding hydrogens is 278 g/mol. The fraction of sp³-hybridized carbons (Fsp3) is 0.500. The summed E-state index contributed by atoms with van der Waals surface area (Å²) in [6.07, 6.45) is 0. The van der Waals surface area contributed by atoms with Gasteiger partial charge in [-0.05, 0) is 43.9 Å². The molecule has 4 heteroatoms. The maximum absolute atomic E-state index is 12.6. The van der Waals surface area contributed by atoms with E-state index in [0.29, 0.717) is 29.7 Å². The van der Waals surface area contributed by atoms with Gasteiger partial charge in [0.1, 0.15) is 18.2 Å². The summed E-state index contributed by atoms with van der Waals surface area (Å²) in [5, 5.41) is 0. The zero-order valence-electron chi connectivity index (χ0n) is 13.9. The molecule has 2 aliphatic rings. The molecule has 1 aromatic carbocycles. The lowest BCUT2D eigenvalue weighted by Gasteiger charge is -2.31. The second-order valence-corrected chi connectivity index (χ2v) is 6.81. The van der Waals surface area contributed by atoms with Crippen molar-refractivity contribution >= 4 is 5.78 Å². The first-order chi connectivity index (χ1) is 10.4. The number of ether oxygens (including phenoxy) is 2. The van der Waals surface area contributed by atoms with E-state index < -0.39 is 0 Å². The Hall–Kier alpha value is -1.81. The normalized spacial score (nSPS) is 17.2. The van der Waals surface area contributed by atoms with Gasteiger partial charge >= 0.3 is 0 Å². The molecule has 0 bridgehead atoms. The lowest BCUT2D eigenvalue weighted by molar-refractivity contribution is 0.0831. The van der Waals surface area contributed by atoms with Crippen LogP contribution in [0.15, 0.2) is 17.4 Å². The van der Waals surface area contributed by atoms with E-state index in [1.165, 1.54) is 0 Å². The van der Waals surface area contributed by atoms with Crippen LogP contribution in [0.4, 0.5) is 0 Å². The Balaban J connectivity index is 2.05. The fourth-order valence-electron chi connectivity index (χ4n) is 3.13. The molecule has 4 nitrogen and oxygen atoms in total. The molecular formula is C18H23NO3. The SMILES string of the molecule is CC(C)=C1Oc2c3c(cc(C)c2C1=O)OCN(CC(C)C)C3. The minimum atomic E-state index is -0.00344. The number of benzene rings is 1. The molecule has 0 aliphatic carbocycles. The van der Waals surface area contributed by atoms with Gasteiger partial charge in [-0.25, -0.2) is 0 Å². The molecule has 0 unspecified atom stereocenters. The summed E-state index contributed by atoms with van der Waals surface area (Å²) in [5.41, 5.74) is 3.53. The first-order valence-corrected chi connectivity index (χ1v) is 7.80. The van der Waals surface area contributed by atoms with Crippen LogP contribution in [-0.4, -0.2) is 24.0 Å². The van der Waals surface area contributed by atoms with Crippen LogP contribution < -0.4 is 9.47 Å². The van der Waals surface area contributed by atoms with E-state index in [-0.39, 0.29) is 5.78 Å². The van der Waals surface area contributed by atoms with Crippen LogP contribution in [0.2, 0.25) is 0 Å². The number of hydrogen-bond donors (Lipinski definition) is 0. The molecule has 0 atom stereocenters. The summed E-state index contributed by atoms with van der Waals surface area (Å²) >= 11 is 0. The molecule has 0 spiro atoms. The minimum absolute atomic E-state index is 0.00344. The van der Waals surface area contributed by atoms with Crippen LogP contribution >= 0.6 is 0 Å². The van der Waals surface area contributed by atoms with E-state index >= 15 is 0 Å². The molecule has 0 N–H and O–H groups in total. The fourth-order valence-corrected chi connectivity index (χ4v) is 3.13. The van der Waals surface area contributed by atoms with Gasteiger partial charge in [-0.3, -0.25) is 9.69 Å². The zero-order chi connectivity index (χ0) is 16.0. The molecule has 2 aliphatic heterocycles. The van der Waals surface area contributed by atoms with Crippen molar-refractivity contribution < 1.29 is 14.3 Å². The molecule has 0 amide bonds. The zero-order valence-corrected chi connectivity index (χ0v) is 13.9. The highest BCUT2D eigenvalue weighted by Gasteiger charge is 2.35. The van der Waals surface area contributed by atoms with E-state index in [0.717, 1.165) is 35.5 Å². The Kier molecular flexibility index (Phi) is 3.73. The number of carbonyl (C=O) groups is 1. The second-order valence-electron chi connectivity index (χ2n) is 6.81. The van der Waals surface area contributed by atoms with Crippen molar-refractivity contribution in [2.45, 2.75) is 41.2 Å². The van der Waals surface area contributed by atoms with Crippen LogP contribution in [0, 0.1) is 12.8 Å². The average molecular weight is 301 g/mol. The van der Waals surface area contributed by atoms with E-state index in [2.05, 4.69) is 18.7 Å². The molecule has 0 radical (unpaired) electrons. The smallest absolute Gasteiger partial charge is 0.232 e. The molecule has 22 heavy (non-hydrogen) atoms. The number of carbonyl (C=O) groups excluding carboxylic acids is 1. The summed E-state index contributed by atoms with van der Waals surface area (Å²) < 4.78 is 11.8. The molecule has 1 aromatic rings. The Bertz CT molecular complexity index is 669. The Morgan fingerprint density at radius 2 is 2.09 bits per heavy atom. The summed E-state index contributed by atoms with van der Waals surface area (Å²) in [4.78, 5) is 14.8. The maximum Gasteiger partial charge on any atom is 0.232 e. The van der Waals surface area contributed by atoms with Gasteiger partial charge in [-0.15, -0.1) is 0 Å². The lowest BCUT2D eigenvalue weighted by atomic mass is 9.98. The first kappa shape index (κ1) is 15.1. The first-order valence-electron chi connectivity index (χ1n) is 7.80. The van der Waals surface area contributed by atoms with Gasteiger partial charge in [0.25, 0.3) is 0 Å². The predicted molar refractivity (Wildman–Crippen MR) is 85.3 cm³/mol. The number of hydrogen-bond acceptors (Lipinski definition) is 4. The van der Waals surface area contributed by atoms with E-state index in [4.69, 9.17) is 9.47 Å². The monoisotopic (exact) mass is 301 g/mol. The van der Waals surface area contributed by atoms with Gasteiger partial charge in [-0.2, -0.15) is 0 Å². The van der Waals surface area contributed by atoms with Gasteiger partial charge in [0.2, 0.25) is 5.78 Å². The predicted octanol–water partition coefficient (Wildman–Crippen LogP) is 3.67. The Morgan fingerprint density at radius 3 is 2.73 bits per heavy atom. The number of aryl methyl sites for hydroxylation is 1. The highest BCUT2D eigenvalue weighted by Crippen LogP contribution is 2.44. The molecule has 0 saturated heterocycles. The summed E-state index contributed by atoms with van der Waals surface area (Å²) in [7, 11) is 0. The van der Waals surface area contributed by atoms with Gasteiger partial charge < -0.3 is 9.47 Å². The third kappa shape index (κ3) is 2.41. The Labute approximate surface area is 131 Å². The summed E-state index contributed by atoms with van der Waals surface area (Å²) in [6, 6.07) is 1.97. The van der Waals surface area contributed by atoms with Crippen molar-refractivity contribution in [1.82, 2.24) is 4.90 Å². The number of fused-ring (bicyclic) bond motifs is 3. The quantitative estimate of drug-likeness (QED) is 0.781. The maximum atomic E-state index is 12.6. The molecule has 0 fully saturated rings. The van der Waals surface area contributed by atoms with E-state index in [9.17, 15) is 4.79 Å².